The van der Waals surface area contributed by atoms with Gasteiger partial charge in [-0.15, -0.1) is 0 Å². The van der Waals surface area contributed by atoms with Gasteiger partial charge in [-0.3, -0.25) is 4.90 Å². The normalized spacial score (nSPS) is 16.2. The third kappa shape index (κ3) is 4.42. The van der Waals surface area contributed by atoms with Crippen molar-refractivity contribution in [3.63, 3.8) is 0 Å². The van der Waals surface area contributed by atoms with Crippen LogP contribution < -0.4 is 5.32 Å². The molecule has 1 saturated heterocycles. The zero-order valence-electron chi connectivity index (χ0n) is 17.6. The Balaban J connectivity index is 1.55. The molecule has 0 radical (unpaired) electrons. The molecule has 0 saturated carbocycles. The number of ether oxygens (including phenoxy) is 1. The van der Waals surface area contributed by atoms with E-state index in [0.717, 1.165) is 23.2 Å². The van der Waals surface area contributed by atoms with Crippen LogP contribution in [0.1, 0.15) is 17.5 Å². The maximum Gasteiger partial charge on any atom is 0.275 e. The van der Waals surface area contributed by atoms with Crippen molar-refractivity contribution in [2.24, 2.45) is 0 Å². The van der Waals surface area contributed by atoms with Gasteiger partial charge in [0.25, 0.3) is 15.9 Å². The standard InChI is InChI=1S/C20H23N5O6S/c1-24(2)32(26,27)18-6-5-17(30-18)20-23-14(12-21)19(31-20)22-13-15(16-4-3-9-29-16)25-7-10-28-11-8-25/h3-6,9,15,22H,7-8,10-11,13H2,1-2H3. The first kappa shape index (κ1) is 22.1. The lowest BCUT2D eigenvalue weighted by molar-refractivity contribution is 0.0144. The number of rotatable bonds is 8. The highest BCUT2D eigenvalue weighted by Crippen LogP contribution is 2.30. The quantitative estimate of drug-likeness (QED) is 0.531. The van der Waals surface area contributed by atoms with E-state index in [0.29, 0.717) is 19.8 Å². The van der Waals surface area contributed by atoms with Crippen molar-refractivity contribution in [2.75, 3.05) is 52.3 Å². The van der Waals surface area contributed by atoms with Crippen molar-refractivity contribution in [1.29, 1.82) is 5.26 Å². The van der Waals surface area contributed by atoms with E-state index in [1.54, 1.807) is 6.26 Å². The largest absolute Gasteiger partial charge is 0.468 e. The number of furan rings is 2. The van der Waals surface area contributed by atoms with Crippen LogP contribution in [0.3, 0.4) is 0 Å². The molecule has 1 fully saturated rings. The molecule has 1 N–H and O–H groups in total. The smallest absolute Gasteiger partial charge is 0.275 e. The second-order valence-corrected chi connectivity index (χ2v) is 9.36. The molecule has 0 bridgehead atoms. The van der Waals surface area contributed by atoms with E-state index in [-0.39, 0.29) is 34.4 Å². The highest BCUT2D eigenvalue weighted by atomic mass is 32.2. The fraction of sp³-hybridized carbons (Fsp3) is 0.400. The summed E-state index contributed by atoms with van der Waals surface area (Å²) in [7, 11) is -0.931. The molecule has 4 heterocycles. The lowest BCUT2D eigenvalue weighted by Crippen LogP contribution is -2.41. The molecule has 170 valence electrons. The Morgan fingerprint density at radius 1 is 1.25 bits per heavy atom. The molecule has 0 amide bonds. The third-order valence-electron chi connectivity index (χ3n) is 5.07. The van der Waals surface area contributed by atoms with Gasteiger partial charge < -0.3 is 23.3 Å². The molecular formula is C20H23N5O6S. The number of sulfonamides is 1. The van der Waals surface area contributed by atoms with Gasteiger partial charge in [0.1, 0.15) is 11.8 Å². The van der Waals surface area contributed by atoms with Crippen molar-refractivity contribution in [1.82, 2.24) is 14.2 Å². The number of nitrogens with one attached hydrogen (secondary N) is 1. The molecule has 11 nitrogen and oxygen atoms in total. The van der Waals surface area contributed by atoms with Gasteiger partial charge in [0.05, 0.1) is 25.5 Å². The van der Waals surface area contributed by atoms with Crippen molar-refractivity contribution in [3.05, 3.63) is 42.0 Å². The summed E-state index contributed by atoms with van der Waals surface area (Å²) >= 11 is 0. The van der Waals surface area contributed by atoms with Gasteiger partial charge in [0.15, 0.2) is 5.76 Å². The lowest BCUT2D eigenvalue weighted by Gasteiger charge is -2.33. The van der Waals surface area contributed by atoms with E-state index in [9.17, 15) is 13.7 Å². The Morgan fingerprint density at radius 3 is 2.69 bits per heavy atom. The topological polar surface area (TPSA) is 138 Å². The summed E-state index contributed by atoms with van der Waals surface area (Å²) in [6.07, 6.45) is 1.62. The van der Waals surface area contributed by atoms with Gasteiger partial charge in [-0.1, -0.05) is 0 Å². The SMILES string of the molecule is CN(C)S(=O)(=O)c1ccc(-c2nc(C#N)c(NCC(c3ccco3)N3CCOCC3)o2)o1. The van der Waals surface area contributed by atoms with E-state index in [4.69, 9.17) is 18.0 Å². The van der Waals surface area contributed by atoms with Crippen LogP contribution in [-0.2, 0) is 14.8 Å². The number of hydrogen-bond donors (Lipinski definition) is 1. The lowest BCUT2D eigenvalue weighted by atomic mass is 10.1. The van der Waals surface area contributed by atoms with Crippen LogP contribution in [0, 0.1) is 11.3 Å². The molecule has 0 aromatic carbocycles. The van der Waals surface area contributed by atoms with Gasteiger partial charge in [0, 0.05) is 33.7 Å². The van der Waals surface area contributed by atoms with Gasteiger partial charge >= 0.3 is 0 Å². The fourth-order valence-electron chi connectivity index (χ4n) is 3.34. The molecule has 0 aliphatic carbocycles. The van der Waals surface area contributed by atoms with E-state index in [2.05, 4.69) is 15.2 Å². The van der Waals surface area contributed by atoms with E-state index in [1.807, 2.05) is 18.2 Å². The number of oxazole rings is 1. The molecule has 3 aromatic rings. The molecule has 0 spiro atoms. The summed E-state index contributed by atoms with van der Waals surface area (Å²) in [5.74, 6) is 1.05. The molecule has 1 atom stereocenters. The van der Waals surface area contributed by atoms with E-state index >= 15 is 0 Å². The summed E-state index contributed by atoms with van der Waals surface area (Å²) in [5.41, 5.74) is 0.0357. The highest BCUT2D eigenvalue weighted by molar-refractivity contribution is 7.88. The summed E-state index contributed by atoms with van der Waals surface area (Å²) in [4.78, 5) is 6.37. The van der Waals surface area contributed by atoms with Crippen molar-refractivity contribution < 1.29 is 26.4 Å². The minimum Gasteiger partial charge on any atom is -0.468 e. The van der Waals surface area contributed by atoms with Crippen LogP contribution in [0.15, 0.2) is 48.9 Å². The molecule has 32 heavy (non-hydrogen) atoms. The predicted molar refractivity (Wildman–Crippen MR) is 112 cm³/mol. The number of nitriles is 1. The van der Waals surface area contributed by atoms with Gasteiger partial charge in [-0.05, 0) is 24.3 Å². The van der Waals surface area contributed by atoms with Crippen molar-refractivity contribution in [2.45, 2.75) is 11.1 Å². The monoisotopic (exact) mass is 461 g/mol. The summed E-state index contributed by atoms with van der Waals surface area (Å²) in [5, 5.41) is 12.4. The number of hydrogen-bond acceptors (Lipinski definition) is 10. The Hall–Kier alpha value is -3.11. The molecule has 1 aliphatic heterocycles. The number of morpholine rings is 1. The minimum atomic E-state index is -3.74. The summed E-state index contributed by atoms with van der Waals surface area (Å²) in [6, 6.07) is 8.36. The number of anilines is 1. The van der Waals surface area contributed by atoms with E-state index in [1.165, 1.54) is 26.2 Å². The van der Waals surface area contributed by atoms with Crippen LogP contribution in [0.4, 0.5) is 5.88 Å². The van der Waals surface area contributed by atoms with Gasteiger partial charge in [-0.25, -0.2) is 12.7 Å². The van der Waals surface area contributed by atoms with Crippen LogP contribution in [0.2, 0.25) is 0 Å². The second-order valence-electron chi connectivity index (χ2n) is 7.28. The van der Waals surface area contributed by atoms with Crippen LogP contribution in [0.25, 0.3) is 11.7 Å². The van der Waals surface area contributed by atoms with Crippen molar-refractivity contribution in [3.8, 4) is 17.7 Å². The highest BCUT2D eigenvalue weighted by Gasteiger charge is 2.27. The molecule has 1 aliphatic rings. The number of nitrogens with zero attached hydrogens (tertiary/aromatic N) is 4. The Kier molecular flexibility index (Phi) is 6.33. The zero-order valence-corrected chi connectivity index (χ0v) is 18.5. The molecule has 4 rings (SSSR count). The first-order valence-electron chi connectivity index (χ1n) is 9.93. The van der Waals surface area contributed by atoms with Crippen LogP contribution >= 0.6 is 0 Å². The van der Waals surface area contributed by atoms with Crippen molar-refractivity contribution >= 4 is 15.9 Å². The first-order valence-corrected chi connectivity index (χ1v) is 11.4. The molecule has 1 unspecified atom stereocenters. The second kappa shape index (κ2) is 9.17. The average Bonchev–Trinajstić information content (AvgIpc) is 3.55. The van der Waals surface area contributed by atoms with Crippen LogP contribution in [-0.4, -0.2) is 69.6 Å². The maximum absolute atomic E-state index is 12.2. The first-order chi connectivity index (χ1) is 15.4. The van der Waals surface area contributed by atoms with Gasteiger partial charge in [0.2, 0.25) is 16.7 Å². The average molecular weight is 462 g/mol. The minimum absolute atomic E-state index is 0.00479. The number of aromatic nitrogens is 1. The molecular weight excluding hydrogens is 438 g/mol. The predicted octanol–water partition coefficient (Wildman–Crippen LogP) is 2.13. The summed E-state index contributed by atoms with van der Waals surface area (Å²) in [6.45, 7) is 3.15. The summed E-state index contributed by atoms with van der Waals surface area (Å²) < 4.78 is 47.7. The molecule has 3 aromatic heterocycles. The maximum atomic E-state index is 12.2. The third-order valence-corrected chi connectivity index (χ3v) is 6.76. The Bertz CT molecular complexity index is 1190. The van der Waals surface area contributed by atoms with E-state index < -0.39 is 10.0 Å². The zero-order chi connectivity index (χ0) is 22.7. The Morgan fingerprint density at radius 2 is 2.03 bits per heavy atom. The Labute approximate surface area is 185 Å². The van der Waals surface area contributed by atoms with Gasteiger partial charge in [-0.2, -0.15) is 10.2 Å². The fourth-order valence-corrected chi connectivity index (χ4v) is 4.14. The molecule has 12 heteroatoms. The van der Waals surface area contributed by atoms with Crippen LogP contribution in [0.5, 0.6) is 0 Å².